The van der Waals surface area contributed by atoms with Crippen LogP contribution in [-0.2, 0) is 23.0 Å². The summed E-state index contributed by atoms with van der Waals surface area (Å²) in [5.74, 6) is 1.31. The number of hydrogen-bond donors (Lipinski definition) is 1. The molecule has 0 atom stereocenters. The van der Waals surface area contributed by atoms with Gasteiger partial charge in [-0.2, -0.15) is 0 Å². The second kappa shape index (κ2) is 7.75. The maximum atomic E-state index is 12.3. The molecule has 0 radical (unpaired) electrons. The van der Waals surface area contributed by atoms with Crippen LogP contribution in [0.5, 0.6) is 0 Å². The molecule has 0 saturated heterocycles. The Morgan fingerprint density at radius 2 is 2.20 bits per heavy atom. The molecule has 0 unspecified atom stereocenters. The smallest absolute Gasteiger partial charge is 0.272 e. The van der Waals surface area contributed by atoms with Crippen molar-refractivity contribution in [1.82, 2.24) is 24.5 Å². The minimum atomic E-state index is -0.0631. The van der Waals surface area contributed by atoms with Crippen LogP contribution in [0.4, 0.5) is 0 Å². The SMILES string of the molecule is COCCCNC(=O)CCCc1nnc2n(C)c(=O)c3sccc3n12. The molecule has 25 heavy (non-hydrogen) atoms. The van der Waals surface area contributed by atoms with Gasteiger partial charge in [0.15, 0.2) is 0 Å². The van der Waals surface area contributed by atoms with Gasteiger partial charge >= 0.3 is 0 Å². The zero-order valence-corrected chi connectivity index (χ0v) is 15.1. The van der Waals surface area contributed by atoms with Crippen molar-refractivity contribution in [3.63, 3.8) is 0 Å². The minimum Gasteiger partial charge on any atom is -0.385 e. The van der Waals surface area contributed by atoms with Crippen LogP contribution in [0.3, 0.4) is 0 Å². The van der Waals surface area contributed by atoms with Crippen LogP contribution in [0, 0.1) is 0 Å². The topological polar surface area (TPSA) is 90.5 Å². The predicted octanol–water partition coefficient (Wildman–Crippen LogP) is 1.12. The first-order valence-corrected chi connectivity index (χ1v) is 9.07. The van der Waals surface area contributed by atoms with Crippen molar-refractivity contribution in [1.29, 1.82) is 0 Å². The normalized spacial score (nSPS) is 11.4. The maximum Gasteiger partial charge on any atom is 0.272 e. The van der Waals surface area contributed by atoms with Crippen molar-refractivity contribution in [3.8, 4) is 0 Å². The molecule has 0 bridgehead atoms. The molecule has 0 aliphatic rings. The van der Waals surface area contributed by atoms with Crippen LogP contribution in [0.1, 0.15) is 25.1 Å². The van der Waals surface area contributed by atoms with Crippen LogP contribution in [0.2, 0.25) is 0 Å². The number of rotatable bonds is 8. The van der Waals surface area contributed by atoms with Gasteiger partial charge in [-0.1, -0.05) is 0 Å². The first-order chi connectivity index (χ1) is 12.1. The van der Waals surface area contributed by atoms with Gasteiger partial charge in [-0.25, -0.2) is 0 Å². The second-order valence-electron chi connectivity index (χ2n) is 5.80. The zero-order chi connectivity index (χ0) is 17.8. The number of ether oxygens (including phenoxy) is 1. The molecule has 0 fully saturated rings. The average molecular weight is 363 g/mol. The summed E-state index contributed by atoms with van der Waals surface area (Å²) in [6.07, 6.45) is 2.53. The number of nitrogens with one attached hydrogen (secondary N) is 1. The summed E-state index contributed by atoms with van der Waals surface area (Å²) in [5, 5.41) is 13.1. The number of carbonyl (C=O) groups excluding carboxylic acids is 1. The van der Waals surface area contributed by atoms with Gasteiger partial charge in [0.25, 0.3) is 5.56 Å². The largest absolute Gasteiger partial charge is 0.385 e. The lowest BCUT2D eigenvalue weighted by molar-refractivity contribution is -0.121. The Balaban J connectivity index is 1.69. The lowest BCUT2D eigenvalue weighted by atomic mass is 10.2. The molecule has 0 aliphatic heterocycles. The molecule has 3 aromatic rings. The van der Waals surface area contributed by atoms with E-state index < -0.39 is 0 Å². The van der Waals surface area contributed by atoms with Crippen LogP contribution in [0.25, 0.3) is 16.0 Å². The van der Waals surface area contributed by atoms with Crippen molar-refractivity contribution in [2.75, 3.05) is 20.3 Å². The Morgan fingerprint density at radius 3 is 3.00 bits per heavy atom. The Kier molecular flexibility index (Phi) is 5.44. The first kappa shape index (κ1) is 17.6. The number of aromatic nitrogens is 4. The Hall–Kier alpha value is -2.26. The second-order valence-corrected chi connectivity index (χ2v) is 6.72. The van der Waals surface area contributed by atoms with E-state index in [0.29, 0.717) is 42.9 Å². The molecule has 1 amide bonds. The van der Waals surface area contributed by atoms with Crippen molar-refractivity contribution < 1.29 is 9.53 Å². The van der Waals surface area contributed by atoms with Crippen molar-refractivity contribution in [3.05, 3.63) is 27.6 Å². The highest BCUT2D eigenvalue weighted by Gasteiger charge is 2.15. The van der Waals surface area contributed by atoms with Gasteiger partial charge in [0, 0.05) is 40.2 Å². The highest BCUT2D eigenvalue weighted by molar-refractivity contribution is 7.17. The van der Waals surface area contributed by atoms with Gasteiger partial charge in [0.05, 0.1) is 5.52 Å². The van der Waals surface area contributed by atoms with Crippen molar-refractivity contribution in [2.24, 2.45) is 7.05 Å². The third-order valence-electron chi connectivity index (χ3n) is 4.05. The summed E-state index contributed by atoms with van der Waals surface area (Å²) in [4.78, 5) is 24.1. The molecule has 0 aliphatic carbocycles. The Labute approximate surface area is 148 Å². The zero-order valence-electron chi connectivity index (χ0n) is 14.3. The predicted molar refractivity (Wildman–Crippen MR) is 96.1 cm³/mol. The number of nitrogens with zero attached hydrogens (tertiary/aromatic N) is 4. The third-order valence-corrected chi connectivity index (χ3v) is 4.94. The fraction of sp³-hybridized carbons (Fsp3) is 0.500. The number of methoxy groups -OCH3 is 1. The summed E-state index contributed by atoms with van der Waals surface area (Å²) in [5.41, 5.74) is 0.763. The number of fused-ring (bicyclic) bond motifs is 3. The summed E-state index contributed by atoms with van der Waals surface area (Å²) >= 11 is 1.41. The first-order valence-electron chi connectivity index (χ1n) is 8.19. The van der Waals surface area contributed by atoms with Crippen LogP contribution in [0.15, 0.2) is 16.2 Å². The summed E-state index contributed by atoms with van der Waals surface area (Å²) < 4.78 is 9.05. The average Bonchev–Trinajstić information content (AvgIpc) is 3.23. The van der Waals surface area contributed by atoms with Gasteiger partial charge in [-0.05, 0) is 24.3 Å². The van der Waals surface area contributed by atoms with E-state index in [2.05, 4.69) is 15.5 Å². The molecular weight excluding hydrogens is 342 g/mol. The molecule has 0 aromatic carbocycles. The quantitative estimate of drug-likeness (QED) is 0.606. The highest BCUT2D eigenvalue weighted by atomic mass is 32.1. The fourth-order valence-corrected chi connectivity index (χ4v) is 3.61. The van der Waals surface area contributed by atoms with E-state index >= 15 is 0 Å². The number of carbonyl (C=O) groups is 1. The summed E-state index contributed by atoms with van der Waals surface area (Å²) in [6, 6.07) is 1.91. The van der Waals surface area contributed by atoms with Gasteiger partial charge in [0.2, 0.25) is 11.7 Å². The molecule has 0 spiro atoms. The van der Waals surface area contributed by atoms with Crippen molar-refractivity contribution >= 4 is 33.2 Å². The molecule has 9 heteroatoms. The Bertz CT molecular complexity index is 942. The van der Waals surface area contributed by atoms with E-state index in [1.54, 1.807) is 14.2 Å². The van der Waals surface area contributed by atoms with Gasteiger partial charge < -0.3 is 10.1 Å². The molecule has 8 nitrogen and oxygen atoms in total. The van der Waals surface area contributed by atoms with E-state index in [1.807, 2.05) is 15.8 Å². The number of thiophene rings is 1. The summed E-state index contributed by atoms with van der Waals surface area (Å²) in [7, 11) is 3.34. The monoisotopic (exact) mass is 363 g/mol. The molecule has 3 heterocycles. The van der Waals surface area contributed by atoms with Crippen LogP contribution in [-0.4, -0.2) is 45.3 Å². The number of aryl methyl sites for hydroxylation is 2. The maximum absolute atomic E-state index is 12.3. The van der Waals surface area contributed by atoms with Crippen LogP contribution < -0.4 is 10.9 Å². The summed E-state index contributed by atoms with van der Waals surface area (Å²) in [6.45, 7) is 1.26. The standard InChI is InChI=1S/C16H21N5O3S/c1-20-15(23)14-11(7-10-25-14)21-12(18-19-16(20)21)5-3-6-13(22)17-8-4-9-24-2/h7,10H,3-6,8-9H2,1-2H3,(H,17,22). The van der Waals surface area contributed by atoms with E-state index in [4.69, 9.17) is 4.74 Å². The fourth-order valence-electron chi connectivity index (χ4n) is 2.75. The van der Waals surface area contributed by atoms with Crippen molar-refractivity contribution in [2.45, 2.75) is 25.7 Å². The molecule has 1 N–H and O–H groups in total. The lowest BCUT2D eigenvalue weighted by Crippen LogP contribution is -2.25. The van der Waals surface area contributed by atoms with E-state index in [-0.39, 0.29) is 11.5 Å². The molecule has 3 rings (SSSR count). The molecular formula is C16H21N5O3S. The van der Waals surface area contributed by atoms with Gasteiger partial charge in [-0.15, -0.1) is 21.5 Å². The lowest BCUT2D eigenvalue weighted by Gasteiger charge is -2.06. The number of hydrogen-bond acceptors (Lipinski definition) is 6. The van der Waals surface area contributed by atoms with E-state index in [1.165, 1.54) is 15.9 Å². The van der Waals surface area contributed by atoms with Crippen LogP contribution >= 0.6 is 11.3 Å². The van der Waals surface area contributed by atoms with E-state index in [0.717, 1.165) is 17.8 Å². The molecule has 134 valence electrons. The number of amides is 1. The Morgan fingerprint density at radius 1 is 1.36 bits per heavy atom. The minimum absolute atomic E-state index is 0.0259. The third kappa shape index (κ3) is 3.57. The van der Waals surface area contributed by atoms with Gasteiger partial charge in [0.1, 0.15) is 10.5 Å². The van der Waals surface area contributed by atoms with E-state index in [9.17, 15) is 9.59 Å². The highest BCUT2D eigenvalue weighted by Crippen LogP contribution is 2.19. The molecule has 0 saturated carbocycles. The molecule has 3 aromatic heterocycles. The van der Waals surface area contributed by atoms with Gasteiger partial charge in [-0.3, -0.25) is 18.6 Å².